The van der Waals surface area contributed by atoms with Gasteiger partial charge in [0.2, 0.25) is 5.91 Å². The molecule has 86 valence electrons. The van der Waals surface area contributed by atoms with Crippen molar-refractivity contribution in [3.05, 3.63) is 0 Å². The van der Waals surface area contributed by atoms with Crippen LogP contribution in [0.3, 0.4) is 0 Å². The molecule has 0 heterocycles. The average Bonchev–Trinajstić information content (AvgIpc) is 2.26. The lowest BCUT2D eigenvalue weighted by molar-refractivity contribution is -0.135. The lowest BCUT2D eigenvalue weighted by Gasteiger charge is -2.25. The monoisotopic (exact) mass is 210 g/mol. The summed E-state index contributed by atoms with van der Waals surface area (Å²) in [7, 11) is 0. The zero-order chi connectivity index (χ0) is 11.8. The van der Waals surface area contributed by atoms with E-state index in [1.165, 1.54) is 0 Å². The predicted octanol–water partition coefficient (Wildman–Crippen LogP) is 2.43. The first-order valence-corrected chi connectivity index (χ1v) is 5.80. The zero-order valence-corrected chi connectivity index (χ0v) is 10.3. The molecule has 0 aliphatic carbocycles. The maximum absolute atomic E-state index is 12.0. The van der Waals surface area contributed by atoms with Gasteiger partial charge in [0.05, 0.1) is 17.9 Å². The van der Waals surface area contributed by atoms with Crippen LogP contribution in [0.15, 0.2) is 0 Å². The maximum atomic E-state index is 12.0. The molecule has 0 bridgehead atoms. The van der Waals surface area contributed by atoms with Gasteiger partial charge in [-0.3, -0.25) is 4.79 Å². The van der Waals surface area contributed by atoms with Crippen molar-refractivity contribution in [3.63, 3.8) is 0 Å². The van der Waals surface area contributed by atoms with Gasteiger partial charge in [0.25, 0.3) is 0 Å². The third-order valence-corrected chi connectivity index (χ3v) is 2.83. The standard InChI is InChI=1S/C12H22N2O/c1-5-8-11(9-13)10(4)12(15)14(6-2)7-3/h10-11H,5-8H2,1-4H3/t10-,11?/m0/s1. The molecule has 0 rings (SSSR count). The molecule has 2 atom stereocenters. The molecule has 3 nitrogen and oxygen atoms in total. The molecule has 1 unspecified atom stereocenters. The smallest absolute Gasteiger partial charge is 0.226 e. The molecule has 0 aromatic heterocycles. The summed E-state index contributed by atoms with van der Waals surface area (Å²) in [6.45, 7) is 9.29. The van der Waals surface area contributed by atoms with Crippen molar-refractivity contribution in [1.29, 1.82) is 5.26 Å². The second kappa shape index (κ2) is 7.28. The topological polar surface area (TPSA) is 44.1 Å². The van der Waals surface area contributed by atoms with Crippen LogP contribution in [0.5, 0.6) is 0 Å². The molecule has 0 aromatic rings. The van der Waals surface area contributed by atoms with Crippen molar-refractivity contribution in [3.8, 4) is 6.07 Å². The second-order valence-electron chi connectivity index (χ2n) is 3.82. The Morgan fingerprint density at radius 2 is 1.87 bits per heavy atom. The lowest BCUT2D eigenvalue weighted by Crippen LogP contribution is -2.37. The van der Waals surface area contributed by atoms with Gasteiger partial charge in [-0.25, -0.2) is 0 Å². The van der Waals surface area contributed by atoms with Gasteiger partial charge in [0.15, 0.2) is 0 Å². The van der Waals surface area contributed by atoms with Gasteiger partial charge in [0.1, 0.15) is 0 Å². The first-order chi connectivity index (χ1) is 7.12. The Morgan fingerprint density at radius 3 is 2.20 bits per heavy atom. The molecule has 0 aliphatic heterocycles. The Kier molecular flexibility index (Phi) is 6.77. The molecule has 0 aromatic carbocycles. The Hall–Kier alpha value is -1.04. The molecule has 0 saturated carbocycles. The van der Waals surface area contributed by atoms with E-state index < -0.39 is 0 Å². The molecule has 0 spiro atoms. The van der Waals surface area contributed by atoms with Gasteiger partial charge >= 0.3 is 0 Å². The molecule has 1 amide bonds. The third kappa shape index (κ3) is 3.91. The summed E-state index contributed by atoms with van der Waals surface area (Å²) >= 11 is 0. The fraction of sp³-hybridized carbons (Fsp3) is 0.833. The van der Waals surface area contributed by atoms with Crippen LogP contribution in [-0.2, 0) is 4.79 Å². The Morgan fingerprint density at radius 1 is 1.33 bits per heavy atom. The fourth-order valence-electron chi connectivity index (χ4n) is 1.73. The van der Waals surface area contributed by atoms with Crippen LogP contribution < -0.4 is 0 Å². The Bertz CT molecular complexity index is 228. The first kappa shape index (κ1) is 14.0. The number of carbonyl (C=O) groups is 1. The summed E-state index contributed by atoms with van der Waals surface area (Å²) in [6.07, 6.45) is 1.76. The highest BCUT2D eigenvalue weighted by molar-refractivity contribution is 5.79. The number of hydrogen-bond acceptors (Lipinski definition) is 2. The molecule has 3 heteroatoms. The van der Waals surface area contributed by atoms with Crippen molar-refractivity contribution >= 4 is 5.91 Å². The van der Waals surface area contributed by atoms with Crippen molar-refractivity contribution < 1.29 is 4.79 Å². The Balaban J connectivity index is 4.47. The fourth-order valence-corrected chi connectivity index (χ4v) is 1.73. The highest BCUT2D eigenvalue weighted by atomic mass is 16.2. The van der Waals surface area contributed by atoms with E-state index in [0.717, 1.165) is 25.9 Å². The SMILES string of the molecule is CCCC(C#N)[C@H](C)C(=O)N(CC)CC. The highest BCUT2D eigenvalue weighted by Gasteiger charge is 2.25. The molecule has 0 radical (unpaired) electrons. The van der Waals surface area contributed by atoms with Crippen LogP contribution in [0.1, 0.15) is 40.5 Å². The van der Waals surface area contributed by atoms with Crippen LogP contribution in [0, 0.1) is 23.2 Å². The van der Waals surface area contributed by atoms with Crippen LogP contribution >= 0.6 is 0 Å². The van der Waals surface area contributed by atoms with Gasteiger partial charge in [-0.1, -0.05) is 20.3 Å². The molecule has 0 saturated heterocycles. The minimum Gasteiger partial charge on any atom is -0.343 e. The zero-order valence-electron chi connectivity index (χ0n) is 10.3. The summed E-state index contributed by atoms with van der Waals surface area (Å²) < 4.78 is 0. The summed E-state index contributed by atoms with van der Waals surface area (Å²) in [5.41, 5.74) is 0. The molecule has 0 N–H and O–H groups in total. The van der Waals surface area contributed by atoms with Gasteiger partial charge in [-0.05, 0) is 20.3 Å². The third-order valence-electron chi connectivity index (χ3n) is 2.83. The number of nitrogens with zero attached hydrogens (tertiary/aromatic N) is 2. The molecule has 15 heavy (non-hydrogen) atoms. The van der Waals surface area contributed by atoms with E-state index in [1.54, 1.807) is 4.90 Å². The number of nitriles is 1. The van der Waals surface area contributed by atoms with E-state index in [1.807, 2.05) is 27.7 Å². The van der Waals surface area contributed by atoms with Crippen molar-refractivity contribution in [2.24, 2.45) is 11.8 Å². The number of hydrogen-bond donors (Lipinski definition) is 0. The van der Waals surface area contributed by atoms with E-state index in [0.29, 0.717) is 0 Å². The van der Waals surface area contributed by atoms with Gasteiger partial charge in [-0.15, -0.1) is 0 Å². The Labute approximate surface area is 93.1 Å². The van der Waals surface area contributed by atoms with Gasteiger partial charge in [-0.2, -0.15) is 5.26 Å². The van der Waals surface area contributed by atoms with Crippen LogP contribution in [0.25, 0.3) is 0 Å². The maximum Gasteiger partial charge on any atom is 0.226 e. The molecule has 0 aliphatic rings. The number of carbonyl (C=O) groups excluding carboxylic acids is 1. The summed E-state index contributed by atoms with van der Waals surface area (Å²) in [5.74, 6) is -0.196. The van der Waals surface area contributed by atoms with E-state index in [4.69, 9.17) is 5.26 Å². The lowest BCUT2D eigenvalue weighted by atomic mass is 9.90. The van der Waals surface area contributed by atoms with Gasteiger partial charge in [0, 0.05) is 13.1 Å². The van der Waals surface area contributed by atoms with E-state index in [9.17, 15) is 4.79 Å². The first-order valence-electron chi connectivity index (χ1n) is 5.80. The summed E-state index contributed by atoms with van der Waals surface area (Å²) in [5, 5.41) is 8.98. The average molecular weight is 210 g/mol. The minimum absolute atomic E-state index is 0.111. The van der Waals surface area contributed by atoms with E-state index in [-0.39, 0.29) is 17.7 Å². The minimum atomic E-state index is -0.171. The second-order valence-corrected chi connectivity index (χ2v) is 3.82. The molecule has 0 fully saturated rings. The normalized spacial score (nSPS) is 14.1. The van der Waals surface area contributed by atoms with E-state index in [2.05, 4.69) is 6.07 Å². The van der Waals surface area contributed by atoms with Crippen LogP contribution in [-0.4, -0.2) is 23.9 Å². The number of rotatable bonds is 6. The number of amides is 1. The molecular weight excluding hydrogens is 188 g/mol. The van der Waals surface area contributed by atoms with E-state index >= 15 is 0 Å². The van der Waals surface area contributed by atoms with Crippen molar-refractivity contribution in [1.82, 2.24) is 4.90 Å². The van der Waals surface area contributed by atoms with Crippen molar-refractivity contribution in [2.75, 3.05) is 13.1 Å². The largest absolute Gasteiger partial charge is 0.343 e. The van der Waals surface area contributed by atoms with Crippen LogP contribution in [0.4, 0.5) is 0 Å². The molecular formula is C12H22N2O. The quantitative estimate of drug-likeness (QED) is 0.676. The highest BCUT2D eigenvalue weighted by Crippen LogP contribution is 2.19. The van der Waals surface area contributed by atoms with Crippen LogP contribution in [0.2, 0.25) is 0 Å². The summed E-state index contributed by atoms with van der Waals surface area (Å²) in [4.78, 5) is 13.8. The van der Waals surface area contributed by atoms with Gasteiger partial charge < -0.3 is 4.90 Å². The predicted molar refractivity (Wildman–Crippen MR) is 61.1 cm³/mol. The summed E-state index contributed by atoms with van der Waals surface area (Å²) in [6, 6.07) is 2.24. The van der Waals surface area contributed by atoms with Crippen molar-refractivity contribution in [2.45, 2.75) is 40.5 Å².